The van der Waals surface area contributed by atoms with E-state index in [2.05, 4.69) is 42.8 Å². The molecular formula is C29H36BrN7O5S2. The van der Waals surface area contributed by atoms with Crippen molar-refractivity contribution >= 4 is 41.9 Å². The van der Waals surface area contributed by atoms with Crippen LogP contribution in [-0.4, -0.2) is 74.1 Å². The summed E-state index contributed by atoms with van der Waals surface area (Å²) in [7, 11) is -2.38. The van der Waals surface area contributed by atoms with Crippen molar-refractivity contribution in [3.63, 3.8) is 0 Å². The Morgan fingerprint density at radius 1 is 0.932 bits per heavy atom. The fraction of sp³-hybridized carbons (Fsp3) is 0.345. The summed E-state index contributed by atoms with van der Waals surface area (Å²) in [4.78, 5) is 13.4. The predicted octanol–water partition coefficient (Wildman–Crippen LogP) is 2.88. The van der Waals surface area contributed by atoms with Crippen LogP contribution in [0.3, 0.4) is 0 Å². The maximum Gasteiger partial charge on any atom is 0.239 e. The van der Waals surface area contributed by atoms with Crippen LogP contribution >= 0.6 is 15.9 Å². The number of para-hydroxylation sites is 1. The number of sulfonamides is 2. The number of guanidine groups is 1. The molecule has 0 aliphatic carbocycles. The van der Waals surface area contributed by atoms with Crippen LogP contribution in [0.1, 0.15) is 36.5 Å². The van der Waals surface area contributed by atoms with Gasteiger partial charge in [0.2, 0.25) is 26.0 Å². The van der Waals surface area contributed by atoms with Gasteiger partial charge in [0.25, 0.3) is 0 Å². The number of methoxy groups -OCH3 is 1. The molecule has 12 nitrogen and oxygen atoms in total. The molecule has 44 heavy (non-hydrogen) atoms. The number of hydrogen-bond donors (Lipinski definition) is 2. The van der Waals surface area contributed by atoms with Gasteiger partial charge < -0.3 is 15.8 Å². The number of nitrogens with one attached hydrogen (secondary N) is 1. The van der Waals surface area contributed by atoms with Gasteiger partial charge in [-0.25, -0.2) is 31.1 Å². The molecule has 3 aromatic rings. The van der Waals surface area contributed by atoms with Gasteiger partial charge in [-0.2, -0.15) is 0 Å². The van der Waals surface area contributed by atoms with Gasteiger partial charge in [-0.05, 0) is 60.1 Å². The van der Waals surface area contributed by atoms with Crippen LogP contribution < -0.4 is 15.8 Å². The number of nitrogens with zero attached hydrogens (tertiary/aromatic N) is 5. The molecule has 0 bridgehead atoms. The first-order valence-electron chi connectivity index (χ1n) is 13.5. The lowest BCUT2D eigenvalue weighted by Gasteiger charge is -2.40. The Morgan fingerprint density at radius 3 is 2.20 bits per heavy atom. The molecule has 0 saturated carbocycles. The highest BCUT2D eigenvalue weighted by atomic mass is 79.9. The molecule has 0 spiro atoms. The molecule has 1 saturated heterocycles. The van der Waals surface area contributed by atoms with Gasteiger partial charge in [0.05, 0.1) is 29.8 Å². The first-order valence-corrected chi connectivity index (χ1v) is 17.5. The molecular weight excluding hydrogens is 670 g/mol. The molecule has 2 aliphatic rings. The minimum atomic E-state index is -3.53. The van der Waals surface area contributed by atoms with Crippen molar-refractivity contribution in [2.45, 2.75) is 31.3 Å². The van der Waals surface area contributed by atoms with Gasteiger partial charge in [-0.15, -0.1) is 0 Å². The first kappa shape index (κ1) is 33.2. The molecule has 2 aliphatic heterocycles. The second-order valence-corrected chi connectivity index (χ2v) is 15.8. The molecule has 0 radical (unpaired) electrons. The number of ether oxygens (including phenoxy) is 1. The fourth-order valence-corrected chi connectivity index (χ4v) is 8.23. The van der Waals surface area contributed by atoms with Crippen molar-refractivity contribution < 1.29 is 21.6 Å². The Balaban J connectivity index is 0.000000215. The van der Waals surface area contributed by atoms with Gasteiger partial charge in [0, 0.05) is 31.8 Å². The lowest BCUT2D eigenvalue weighted by molar-refractivity contribution is 0.350. The summed E-state index contributed by atoms with van der Waals surface area (Å²) in [6.07, 6.45) is 0.569. The molecule has 15 heteroatoms. The third kappa shape index (κ3) is 7.00. The smallest absolute Gasteiger partial charge is 0.239 e. The quantitative estimate of drug-likeness (QED) is 0.381. The number of halogens is 1. The number of pyridine rings is 2. The molecule has 1 aromatic carbocycles. The van der Waals surface area contributed by atoms with Crippen molar-refractivity contribution in [1.29, 1.82) is 0 Å². The first-order chi connectivity index (χ1) is 20.5. The standard InChI is InChI=1S/C18H22N4O3S.C11H14BrN3O2S/c1-18(12-26(23,24)22(2)17(19)21-18)16-10-6-8-14(20-16)11-13-7-4-5-9-15(13)25-3;1-8-14-11(2,7-18(16,17)15(8)3)9-5-4-6-10(12)13-9/h4-10H,11-12H2,1-3H3,(H2,19,21);4-6,14H,1,7H2,2-3H3/t18-;11-/m00/s1. The van der Waals surface area contributed by atoms with Crippen LogP contribution in [0.4, 0.5) is 0 Å². The maximum atomic E-state index is 12.4. The van der Waals surface area contributed by atoms with Crippen LogP contribution in [0.25, 0.3) is 0 Å². The van der Waals surface area contributed by atoms with Gasteiger partial charge in [-0.1, -0.05) is 36.9 Å². The Hall–Kier alpha value is -3.69. The summed E-state index contributed by atoms with van der Waals surface area (Å²) in [5, 5.41) is 3.11. The van der Waals surface area contributed by atoms with Crippen LogP contribution in [0.2, 0.25) is 0 Å². The zero-order valence-corrected chi connectivity index (χ0v) is 28.4. The lowest BCUT2D eigenvalue weighted by atomic mass is 9.99. The van der Waals surface area contributed by atoms with E-state index in [9.17, 15) is 16.8 Å². The number of aliphatic imine (C=N–C) groups is 1. The van der Waals surface area contributed by atoms with Crippen molar-refractivity contribution in [2.24, 2.45) is 10.7 Å². The fourth-order valence-electron chi connectivity index (χ4n) is 4.92. The average Bonchev–Trinajstić information content (AvgIpc) is 2.95. The highest BCUT2D eigenvalue weighted by Crippen LogP contribution is 2.32. The Morgan fingerprint density at radius 2 is 1.57 bits per heavy atom. The Kier molecular flexibility index (Phi) is 9.33. The minimum absolute atomic E-state index is 0.0318. The Labute approximate surface area is 267 Å². The predicted molar refractivity (Wildman–Crippen MR) is 174 cm³/mol. The molecule has 2 atom stereocenters. The Bertz CT molecular complexity index is 1820. The maximum absolute atomic E-state index is 12.4. The van der Waals surface area contributed by atoms with E-state index in [1.54, 1.807) is 39.2 Å². The van der Waals surface area contributed by atoms with E-state index in [-0.39, 0.29) is 17.5 Å². The summed E-state index contributed by atoms with van der Waals surface area (Å²) in [6, 6.07) is 18.7. The lowest BCUT2D eigenvalue weighted by Crippen LogP contribution is -2.56. The summed E-state index contributed by atoms with van der Waals surface area (Å²) in [5.41, 5.74) is 7.07. The second kappa shape index (κ2) is 12.4. The van der Waals surface area contributed by atoms with Gasteiger partial charge in [-0.3, -0.25) is 9.29 Å². The summed E-state index contributed by atoms with van der Waals surface area (Å²) < 4.78 is 57.0. The highest BCUT2D eigenvalue weighted by Gasteiger charge is 2.42. The van der Waals surface area contributed by atoms with E-state index in [0.29, 0.717) is 28.2 Å². The molecule has 2 aromatic heterocycles. The van der Waals surface area contributed by atoms with E-state index in [0.717, 1.165) is 25.6 Å². The largest absolute Gasteiger partial charge is 0.496 e. The second-order valence-electron chi connectivity index (χ2n) is 10.9. The summed E-state index contributed by atoms with van der Waals surface area (Å²) in [6.45, 7) is 7.27. The highest BCUT2D eigenvalue weighted by molar-refractivity contribution is 9.10. The number of nitrogens with two attached hydrogens (primary N) is 1. The van der Waals surface area contributed by atoms with Crippen molar-refractivity contribution in [1.82, 2.24) is 23.9 Å². The topological polar surface area (TPSA) is 160 Å². The van der Waals surface area contributed by atoms with E-state index < -0.39 is 31.1 Å². The average molecular weight is 707 g/mol. The summed E-state index contributed by atoms with van der Waals surface area (Å²) >= 11 is 3.29. The zero-order chi connectivity index (χ0) is 32.5. The van der Waals surface area contributed by atoms with Crippen molar-refractivity contribution in [2.75, 3.05) is 32.7 Å². The van der Waals surface area contributed by atoms with Crippen LogP contribution in [0.5, 0.6) is 5.75 Å². The number of rotatable bonds is 5. The number of benzene rings is 1. The third-order valence-electron chi connectivity index (χ3n) is 7.46. The van der Waals surface area contributed by atoms with E-state index in [1.807, 2.05) is 42.5 Å². The van der Waals surface area contributed by atoms with E-state index in [4.69, 9.17) is 10.5 Å². The van der Waals surface area contributed by atoms with Crippen LogP contribution in [-0.2, 0) is 37.5 Å². The molecule has 3 N–H and O–H groups in total. The monoisotopic (exact) mass is 705 g/mol. The molecule has 236 valence electrons. The van der Waals surface area contributed by atoms with Gasteiger partial charge in [0.1, 0.15) is 27.5 Å². The molecule has 0 amide bonds. The molecule has 1 fully saturated rings. The summed E-state index contributed by atoms with van der Waals surface area (Å²) in [5.74, 6) is 0.873. The minimum Gasteiger partial charge on any atom is -0.496 e. The zero-order valence-electron chi connectivity index (χ0n) is 25.2. The molecule has 4 heterocycles. The van der Waals surface area contributed by atoms with Gasteiger partial charge in [0.15, 0.2) is 0 Å². The van der Waals surface area contributed by atoms with Crippen molar-refractivity contribution in [3.05, 3.63) is 100 Å². The third-order valence-corrected chi connectivity index (χ3v) is 11.8. The normalized spacial score (nSPS) is 24.0. The molecule has 0 unspecified atom stereocenters. The van der Waals surface area contributed by atoms with Crippen molar-refractivity contribution in [3.8, 4) is 5.75 Å². The van der Waals surface area contributed by atoms with Crippen LogP contribution in [0.15, 0.2) is 82.7 Å². The van der Waals surface area contributed by atoms with E-state index >= 15 is 0 Å². The number of hydrogen-bond acceptors (Lipinski definition) is 10. The number of aromatic nitrogens is 2. The van der Waals surface area contributed by atoms with E-state index in [1.165, 1.54) is 14.1 Å². The molecule has 5 rings (SSSR count). The van der Waals surface area contributed by atoms with Gasteiger partial charge >= 0.3 is 0 Å². The van der Waals surface area contributed by atoms with Crippen LogP contribution in [0, 0.1) is 0 Å². The SMILES string of the molecule is C=C1N[C@](C)(c2cccc(Br)n2)CS(=O)(=O)N1C.COc1ccccc1Cc1cccc([C@]2(C)CS(=O)(=O)N(C)C(N)=N2)n1.